The molecule has 1 saturated carbocycles. The Kier molecular flexibility index (Phi) is 8.34. The van der Waals surface area contributed by atoms with E-state index in [4.69, 9.17) is 14.7 Å². The van der Waals surface area contributed by atoms with Gasteiger partial charge in [0.15, 0.2) is 6.79 Å². The molecule has 1 aromatic rings. The lowest BCUT2D eigenvalue weighted by Gasteiger charge is -2.29. The molecule has 1 aliphatic carbocycles. The van der Waals surface area contributed by atoms with E-state index in [1.54, 1.807) is 0 Å². The maximum absolute atomic E-state index is 12.5. The standard InChI is InChI=1S/C23H34N4O5S/c1-16-11-19(5-6-20(16)13-24)18-7-9-22(10-8-18)31-15-32-23(28)27-14-21(12-17(27)2)25-33(29,30)26(3)4/h5-6,11,17-18,21-22,25H,7-10,12,14-15H2,1-4H3. The quantitative estimate of drug-likeness (QED) is 0.603. The van der Waals surface area contributed by atoms with Gasteiger partial charge < -0.3 is 14.4 Å². The van der Waals surface area contributed by atoms with E-state index in [2.05, 4.69) is 16.9 Å². The number of likely N-dealkylation sites (tertiary alicyclic amines) is 1. The number of rotatable bonds is 7. The number of amides is 1. The Labute approximate surface area is 196 Å². The molecule has 1 saturated heterocycles. The van der Waals surface area contributed by atoms with Crippen LogP contribution < -0.4 is 4.72 Å². The molecule has 2 unspecified atom stereocenters. The van der Waals surface area contributed by atoms with Crippen molar-refractivity contribution in [1.29, 1.82) is 5.26 Å². The molecule has 2 aliphatic rings. The Balaban J connectivity index is 1.40. The van der Waals surface area contributed by atoms with Crippen LogP contribution in [0.4, 0.5) is 4.79 Å². The number of nitrogens with zero attached hydrogens (tertiary/aromatic N) is 3. The molecular weight excluding hydrogens is 444 g/mol. The predicted molar refractivity (Wildman–Crippen MR) is 124 cm³/mol. The summed E-state index contributed by atoms with van der Waals surface area (Å²) >= 11 is 0. The maximum Gasteiger partial charge on any atom is 0.412 e. The fraction of sp³-hybridized carbons (Fsp3) is 0.652. The zero-order valence-corrected chi connectivity index (χ0v) is 20.6. The smallest absolute Gasteiger partial charge is 0.412 e. The number of hydrogen-bond acceptors (Lipinski definition) is 6. The number of aryl methyl sites for hydroxylation is 1. The second-order valence-corrected chi connectivity index (χ2v) is 11.1. The third-order valence-corrected chi connectivity index (χ3v) is 8.20. The van der Waals surface area contributed by atoms with Gasteiger partial charge in [-0.05, 0) is 69.1 Å². The molecule has 0 bridgehead atoms. The van der Waals surface area contributed by atoms with Crippen LogP contribution in [0.5, 0.6) is 0 Å². The first-order valence-electron chi connectivity index (χ1n) is 11.4. The van der Waals surface area contributed by atoms with Gasteiger partial charge in [0.1, 0.15) is 0 Å². The lowest BCUT2D eigenvalue weighted by atomic mass is 9.82. The van der Waals surface area contributed by atoms with Crippen LogP contribution in [0.2, 0.25) is 0 Å². The molecule has 3 rings (SSSR count). The first kappa shape index (κ1) is 25.4. The van der Waals surface area contributed by atoms with Crippen LogP contribution in [-0.4, -0.2) is 69.3 Å². The molecule has 1 N–H and O–H groups in total. The fourth-order valence-corrected chi connectivity index (χ4v) is 5.38. The molecule has 1 amide bonds. The van der Waals surface area contributed by atoms with E-state index in [1.807, 2.05) is 26.0 Å². The van der Waals surface area contributed by atoms with Crippen molar-refractivity contribution in [3.63, 3.8) is 0 Å². The third kappa shape index (κ3) is 6.44. The van der Waals surface area contributed by atoms with Crippen molar-refractivity contribution < 1.29 is 22.7 Å². The topological polar surface area (TPSA) is 112 Å². The van der Waals surface area contributed by atoms with E-state index in [-0.39, 0.29) is 31.5 Å². The summed E-state index contributed by atoms with van der Waals surface area (Å²) in [5.74, 6) is 0.451. The Hall–Kier alpha value is -2.19. The highest BCUT2D eigenvalue weighted by atomic mass is 32.2. The number of nitriles is 1. The normalized spacial score (nSPS) is 25.8. The molecule has 0 radical (unpaired) electrons. The van der Waals surface area contributed by atoms with Gasteiger partial charge in [-0.3, -0.25) is 0 Å². The molecule has 2 atom stereocenters. The van der Waals surface area contributed by atoms with E-state index in [0.29, 0.717) is 17.9 Å². The van der Waals surface area contributed by atoms with Crippen LogP contribution in [0.1, 0.15) is 61.6 Å². The molecule has 1 heterocycles. The molecule has 1 aromatic carbocycles. The molecule has 9 nitrogen and oxygen atoms in total. The monoisotopic (exact) mass is 478 g/mol. The molecule has 33 heavy (non-hydrogen) atoms. The summed E-state index contributed by atoms with van der Waals surface area (Å²) in [4.78, 5) is 14.0. The molecule has 10 heteroatoms. The second-order valence-electron chi connectivity index (χ2n) is 9.19. The molecule has 182 valence electrons. The summed E-state index contributed by atoms with van der Waals surface area (Å²) in [5.41, 5.74) is 2.98. The SMILES string of the molecule is Cc1cc(C2CCC(OCOC(=O)N3CC(NS(=O)(=O)N(C)C)CC3C)CC2)ccc1C#N. The Morgan fingerprint density at radius 2 is 1.97 bits per heavy atom. The largest absolute Gasteiger partial charge is 0.422 e. The van der Waals surface area contributed by atoms with Gasteiger partial charge in [0.05, 0.1) is 17.7 Å². The van der Waals surface area contributed by atoms with Crippen LogP contribution in [0.15, 0.2) is 18.2 Å². The first-order valence-corrected chi connectivity index (χ1v) is 12.8. The Morgan fingerprint density at radius 3 is 2.58 bits per heavy atom. The average Bonchev–Trinajstić information content (AvgIpc) is 3.13. The number of carbonyl (C=O) groups is 1. The van der Waals surface area contributed by atoms with E-state index in [9.17, 15) is 13.2 Å². The van der Waals surface area contributed by atoms with Gasteiger partial charge in [-0.25, -0.2) is 4.79 Å². The number of ether oxygens (including phenoxy) is 2. The van der Waals surface area contributed by atoms with Crippen LogP contribution >= 0.6 is 0 Å². The van der Waals surface area contributed by atoms with Gasteiger partial charge in [-0.15, -0.1) is 0 Å². The summed E-state index contributed by atoms with van der Waals surface area (Å²) in [6, 6.07) is 7.78. The van der Waals surface area contributed by atoms with Crippen molar-refractivity contribution in [2.24, 2.45) is 0 Å². The van der Waals surface area contributed by atoms with Crippen molar-refractivity contribution in [2.45, 2.75) is 70.1 Å². The maximum atomic E-state index is 12.5. The highest BCUT2D eigenvalue weighted by molar-refractivity contribution is 7.87. The van der Waals surface area contributed by atoms with E-state index in [1.165, 1.54) is 24.6 Å². The van der Waals surface area contributed by atoms with E-state index < -0.39 is 16.3 Å². The summed E-state index contributed by atoms with van der Waals surface area (Å²) in [6.45, 7) is 3.99. The zero-order valence-electron chi connectivity index (χ0n) is 19.8. The van der Waals surface area contributed by atoms with Crippen molar-refractivity contribution in [1.82, 2.24) is 13.9 Å². The van der Waals surface area contributed by atoms with Crippen LogP contribution in [0.3, 0.4) is 0 Å². The summed E-state index contributed by atoms with van der Waals surface area (Å²) in [5, 5.41) is 9.10. The molecule has 2 fully saturated rings. The van der Waals surface area contributed by atoms with Gasteiger partial charge in [-0.2, -0.15) is 22.7 Å². The van der Waals surface area contributed by atoms with Gasteiger partial charge in [0.25, 0.3) is 10.2 Å². The zero-order chi connectivity index (χ0) is 24.2. The molecule has 0 spiro atoms. The molecular formula is C23H34N4O5S. The predicted octanol–water partition coefficient (Wildman–Crippen LogP) is 2.86. The summed E-state index contributed by atoms with van der Waals surface area (Å²) in [6.07, 6.45) is 3.83. The van der Waals surface area contributed by atoms with Gasteiger partial charge in [0.2, 0.25) is 0 Å². The number of benzene rings is 1. The molecule has 0 aromatic heterocycles. The first-order chi connectivity index (χ1) is 15.6. The fourth-order valence-electron chi connectivity index (χ4n) is 4.58. The highest BCUT2D eigenvalue weighted by Gasteiger charge is 2.36. The number of carbonyl (C=O) groups excluding carboxylic acids is 1. The van der Waals surface area contributed by atoms with Crippen LogP contribution in [0.25, 0.3) is 0 Å². The minimum atomic E-state index is -3.55. The summed E-state index contributed by atoms with van der Waals surface area (Å²) < 4.78 is 38.9. The van der Waals surface area contributed by atoms with Gasteiger partial charge in [0, 0.05) is 32.7 Å². The van der Waals surface area contributed by atoms with Crippen LogP contribution in [0, 0.1) is 18.3 Å². The van der Waals surface area contributed by atoms with E-state index >= 15 is 0 Å². The van der Waals surface area contributed by atoms with Crippen molar-refractivity contribution in [2.75, 3.05) is 27.4 Å². The van der Waals surface area contributed by atoms with Gasteiger partial charge >= 0.3 is 6.09 Å². The van der Waals surface area contributed by atoms with Crippen molar-refractivity contribution in [3.05, 3.63) is 34.9 Å². The highest BCUT2D eigenvalue weighted by Crippen LogP contribution is 2.34. The minimum absolute atomic E-state index is 0.0455. The Morgan fingerprint density at radius 1 is 1.27 bits per heavy atom. The lowest BCUT2D eigenvalue weighted by molar-refractivity contribution is -0.0770. The summed E-state index contributed by atoms with van der Waals surface area (Å²) in [7, 11) is -0.628. The lowest BCUT2D eigenvalue weighted by Crippen LogP contribution is -2.44. The second kappa shape index (κ2) is 10.8. The number of hydrogen-bond donors (Lipinski definition) is 1. The van der Waals surface area contributed by atoms with Crippen molar-refractivity contribution >= 4 is 16.3 Å². The number of nitrogens with one attached hydrogen (secondary N) is 1. The van der Waals surface area contributed by atoms with Gasteiger partial charge in [-0.1, -0.05) is 12.1 Å². The Bertz CT molecular complexity index is 983. The third-order valence-electron chi connectivity index (χ3n) is 6.61. The molecule has 1 aliphatic heterocycles. The van der Waals surface area contributed by atoms with Crippen molar-refractivity contribution in [3.8, 4) is 6.07 Å². The van der Waals surface area contributed by atoms with Crippen LogP contribution in [-0.2, 0) is 19.7 Å². The average molecular weight is 479 g/mol. The minimum Gasteiger partial charge on any atom is -0.422 e. The van der Waals surface area contributed by atoms with E-state index in [0.717, 1.165) is 35.6 Å².